The number of carboxylic acid groups (broad SMARTS) is 1. The van der Waals surface area contributed by atoms with Crippen LogP contribution < -0.4 is 14.8 Å². The number of aliphatic carboxylic acids is 1. The van der Waals surface area contributed by atoms with Gasteiger partial charge in [0.1, 0.15) is 11.8 Å². The molecule has 13 heteroatoms. The van der Waals surface area contributed by atoms with Crippen LogP contribution in [-0.4, -0.2) is 99.9 Å². The van der Waals surface area contributed by atoms with E-state index in [0.29, 0.717) is 30.9 Å². The van der Waals surface area contributed by atoms with E-state index in [2.05, 4.69) is 10.2 Å². The lowest BCUT2D eigenvalue weighted by Crippen LogP contribution is -2.74. The lowest BCUT2D eigenvalue weighted by Gasteiger charge is -2.61. The first-order chi connectivity index (χ1) is 18.4. The fraction of sp³-hybridized carbons (Fsp3) is 0.593. The Kier molecular flexibility index (Phi) is 7.93. The highest BCUT2D eigenvalue weighted by Crippen LogP contribution is 2.65. The van der Waals surface area contributed by atoms with Crippen molar-refractivity contribution in [2.75, 3.05) is 20.7 Å². The number of nitrogens with zero attached hydrogens (tertiary/aromatic N) is 1. The number of methoxy groups -OCH3 is 1. The summed E-state index contributed by atoms with van der Waals surface area (Å²) < 4.78 is 17.4. The van der Waals surface area contributed by atoms with E-state index in [-0.39, 0.29) is 31.7 Å². The minimum absolute atomic E-state index is 0. The SMILES string of the molecule is COc1ccc2c3c1OC1C(OC(=O)C(O)C(O)C(=O)NC(C(=O)O)C(C)C)=CC[C@@]4(O)[C@@H](C2)N(C)CC[C@]314.S. The molecule has 0 saturated carbocycles. The molecule has 2 heterocycles. The first kappa shape index (κ1) is 30.1. The number of carbonyl (C=O) groups is 3. The van der Waals surface area contributed by atoms with Crippen molar-refractivity contribution < 1.29 is 49.0 Å². The smallest absolute Gasteiger partial charge is 0.343 e. The lowest BCUT2D eigenvalue weighted by atomic mass is 9.50. The normalized spacial score (nSPS) is 30.1. The number of likely N-dealkylation sites (N-methyl/N-ethyl adjacent to an activating group) is 1. The van der Waals surface area contributed by atoms with Crippen molar-refractivity contribution in [3.05, 3.63) is 35.1 Å². The zero-order valence-electron chi connectivity index (χ0n) is 22.7. The Morgan fingerprint density at radius 1 is 1.20 bits per heavy atom. The minimum atomic E-state index is -2.30. The number of carboxylic acids is 1. The van der Waals surface area contributed by atoms with Crippen LogP contribution in [0.25, 0.3) is 0 Å². The molecule has 7 atom stereocenters. The molecule has 220 valence electrons. The van der Waals surface area contributed by atoms with Crippen molar-refractivity contribution in [3.8, 4) is 11.5 Å². The Morgan fingerprint density at radius 2 is 1.90 bits per heavy atom. The number of aliphatic hydroxyl groups is 3. The van der Waals surface area contributed by atoms with Crippen molar-refractivity contribution in [1.29, 1.82) is 0 Å². The standard InChI is InChI=1S/C27H34N2O10.H2S/c1-12(2)18(24(33)34)28-23(32)19(30)20(31)25(35)38-15-7-8-27(36)16-11-13-5-6-14(37-4)21-17(13)26(27,22(15)39-21)9-10-29(16)3;/h5-7,12,16,18-20,22,30-31,36H,8-11H2,1-4H3,(H,28,32)(H,33,34);1H2/t16-,18?,19?,20?,22?,26+,27-;/m1./s1. The highest BCUT2D eigenvalue weighted by Gasteiger charge is 2.72. The van der Waals surface area contributed by atoms with E-state index in [9.17, 15) is 34.8 Å². The number of aliphatic hydroxyl groups excluding tert-OH is 2. The van der Waals surface area contributed by atoms with Crippen molar-refractivity contribution in [2.45, 2.75) is 74.5 Å². The summed E-state index contributed by atoms with van der Waals surface area (Å²) in [7, 11) is 3.48. The van der Waals surface area contributed by atoms with Crippen molar-refractivity contribution >= 4 is 31.3 Å². The molecule has 1 amide bonds. The summed E-state index contributed by atoms with van der Waals surface area (Å²) in [6.07, 6.45) is -2.68. The Labute approximate surface area is 238 Å². The Hall–Kier alpha value is -2.84. The molecule has 0 radical (unpaired) electrons. The number of carbonyl (C=O) groups excluding carboxylic acids is 2. The van der Waals surface area contributed by atoms with Gasteiger partial charge in [0.15, 0.2) is 29.8 Å². The molecule has 0 aromatic heterocycles. The number of likely N-dealkylation sites (tertiary alicyclic amines) is 1. The molecule has 4 aliphatic rings. The molecule has 5 N–H and O–H groups in total. The van der Waals surface area contributed by atoms with E-state index in [4.69, 9.17) is 14.2 Å². The van der Waals surface area contributed by atoms with E-state index in [1.807, 2.05) is 13.1 Å². The molecule has 1 spiro atoms. The Morgan fingerprint density at radius 3 is 2.52 bits per heavy atom. The van der Waals surface area contributed by atoms with Gasteiger partial charge in [0.05, 0.1) is 18.1 Å². The van der Waals surface area contributed by atoms with Crippen LogP contribution in [0, 0.1) is 5.92 Å². The van der Waals surface area contributed by atoms with Crippen LogP contribution in [0.2, 0.25) is 0 Å². The highest BCUT2D eigenvalue weighted by atomic mass is 32.1. The monoisotopic (exact) mass is 580 g/mol. The third kappa shape index (κ3) is 4.17. The quantitative estimate of drug-likeness (QED) is 0.253. The number of nitrogens with one attached hydrogen (secondary N) is 1. The van der Waals surface area contributed by atoms with Crippen molar-refractivity contribution in [2.24, 2.45) is 5.92 Å². The van der Waals surface area contributed by atoms with Crippen LogP contribution in [0.4, 0.5) is 0 Å². The second-order valence-corrected chi connectivity index (χ2v) is 11.2. The van der Waals surface area contributed by atoms with Gasteiger partial charge in [-0.05, 0) is 50.1 Å². The first-order valence-electron chi connectivity index (χ1n) is 13.0. The highest BCUT2D eigenvalue weighted by molar-refractivity contribution is 7.59. The number of benzene rings is 1. The Bertz CT molecular complexity index is 1250. The topological polar surface area (TPSA) is 175 Å². The average molecular weight is 581 g/mol. The molecule has 1 saturated heterocycles. The molecule has 5 rings (SSSR count). The Balaban J connectivity index is 0.00000370. The third-order valence-corrected chi connectivity index (χ3v) is 8.82. The third-order valence-electron chi connectivity index (χ3n) is 8.82. The van der Waals surface area contributed by atoms with Crippen LogP contribution in [0.15, 0.2) is 24.0 Å². The van der Waals surface area contributed by atoms with Crippen LogP contribution in [0.3, 0.4) is 0 Å². The summed E-state index contributed by atoms with van der Waals surface area (Å²) in [5.74, 6) is -3.36. The van der Waals surface area contributed by atoms with Crippen molar-refractivity contribution in [1.82, 2.24) is 10.2 Å². The minimum Gasteiger partial charge on any atom is -0.493 e. The molecular formula is C27H36N2O10S. The van der Waals surface area contributed by atoms with Gasteiger partial charge >= 0.3 is 11.9 Å². The molecule has 40 heavy (non-hydrogen) atoms. The van der Waals surface area contributed by atoms with Gasteiger partial charge < -0.3 is 44.9 Å². The maximum absolute atomic E-state index is 12.9. The van der Waals surface area contributed by atoms with Crippen LogP contribution in [0.1, 0.15) is 37.8 Å². The molecule has 2 aliphatic heterocycles. The lowest BCUT2D eigenvalue weighted by molar-refractivity contribution is -0.175. The van der Waals surface area contributed by atoms with Gasteiger partial charge in [-0.2, -0.15) is 13.5 Å². The summed E-state index contributed by atoms with van der Waals surface area (Å²) in [4.78, 5) is 38.9. The van der Waals surface area contributed by atoms with Crippen LogP contribution in [-0.2, 0) is 31.0 Å². The average Bonchev–Trinajstić information content (AvgIpc) is 3.25. The fourth-order valence-corrected chi connectivity index (χ4v) is 6.79. The molecule has 2 bridgehead atoms. The predicted molar refractivity (Wildman–Crippen MR) is 144 cm³/mol. The van der Waals surface area contributed by atoms with Gasteiger partial charge in [0.25, 0.3) is 5.91 Å². The van der Waals surface area contributed by atoms with Crippen LogP contribution in [0.5, 0.6) is 11.5 Å². The van der Waals surface area contributed by atoms with Gasteiger partial charge in [-0.1, -0.05) is 19.9 Å². The van der Waals surface area contributed by atoms with Gasteiger partial charge in [0, 0.05) is 18.0 Å². The molecule has 1 aromatic carbocycles. The number of amides is 1. The second-order valence-electron chi connectivity index (χ2n) is 11.2. The van der Waals surface area contributed by atoms with Crippen LogP contribution >= 0.6 is 13.5 Å². The molecular weight excluding hydrogens is 544 g/mol. The van der Waals surface area contributed by atoms with Gasteiger partial charge in [0.2, 0.25) is 0 Å². The molecule has 2 aliphatic carbocycles. The number of rotatable bonds is 8. The number of ether oxygens (including phenoxy) is 3. The number of hydrogen-bond acceptors (Lipinski definition) is 10. The maximum Gasteiger partial charge on any atom is 0.343 e. The molecule has 12 nitrogen and oxygen atoms in total. The molecule has 1 aromatic rings. The summed E-state index contributed by atoms with van der Waals surface area (Å²) in [6, 6.07) is 2.22. The molecule has 4 unspecified atom stereocenters. The first-order valence-corrected chi connectivity index (χ1v) is 13.0. The van der Waals surface area contributed by atoms with E-state index in [1.165, 1.54) is 7.11 Å². The van der Waals surface area contributed by atoms with E-state index in [1.54, 1.807) is 26.0 Å². The van der Waals surface area contributed by atoms with E-state index >= 15 is 0 Å². The molecule has 1 fully saturated rings. The van der Waals surface area contributed by atoms with E-state index < -0.39 is 59.1 Å². The summed E-state index contributed by atoms with van der Waals surface area (Å²) >= 11 is 0. The fourth-order valence-electron chi connectivity index (χ4n) is 6.79. The van der Waals surface area contributed by atoms with E-state index in [0.717, 1.165) is 11.1 Å². The zero-order valence-corrected chi connectivity index (χ0v) is 23.7. The maximum atomic E-state index is 12.9. The summed E-state index contributed by atoms with van der Waals surface area (Å²) in [5.41, 5.74) is -0.341. The van der Waals surface area contributed by atoms with Gasteiger partial charge in [-0.15, -0.1) is 0 Å². The largest absolute Gasteiger partial charge is 0.493 e. The predicted octanol–water partition coefficient (Wildman–Crippen LogP) is -0.424. The van der Waals surface area contributed by atoms with Crippen molar-refractivity contribution in [3.63, 3.8) is 0 Å². The van der Waals surface area contributed by atoms with Gasteiger partial charge in [-0.25, -0.2) is 9.59 Å². The summed E-state index contributed by atoms with van der Waals surface area (Å²) in [6.45, 7) is 3.78. The summed E-state index contributed by atoms with van der Waals surface area (Å²) in [5, 5.41) is 44.4. The number of hydrogen-bond donors (Lipinski definition) is 5. The second kappa shape index (κ2) is 10.5. The number of piperidine rings is 1. The van der Waals surface area contributed by atoms with Gasteiger partial charge in [-0.3, -0.25) is 4.79 Å². The number of esters is 1. The zero-order chi connectivity index (χ0) is 28.4.